The third-order valence-electron chi connectivity index (χ3n) is 4.41. The quantitative estimate of drug-likeness (QED) is 0.403. The van der Waals surface area contributed by atoms with Gasteiger partial charge in [0.1, 0.15) is 23.8 Å². The van der Waals surface area contributed by atoms with Crippen molar-refractivity contribution in [2.75, 3.05) is 0 Å². The Bertz CT molecular complexity index is 1250. The van der Waals surface area contributed by atoms with E-state index in [1.165, 1.54) is 12.7 Å². The van der Waals surface area contributed by atoms with E-state index in [9.17, 15) is 0 Å². The van der Waals surface area contributed by atoms with Crippen molar-refractivity contribution >= 4 is 33.5 Å². The molecular weight excluding hydrogens is 346 g/mol. The molecule has 0 spiro atoms. The molecule has 5 aromatic rings. The molecule has 0 radical (unpaired) electrons. The number of halogens is 1. The molecule has 4 nitrogen and oxygen atoms in total. The lowest BCUT2D eigenvalue weighted by molar-refractivity contribution is 0.670. The van der Waals surface area contributed by atoms with Crippen molar-refractivity contribution < 1.29 is 4.42 Å². The van der Waals surface area contributed by atoms with Gasteiger partial charge in [-0.3, -0.25) is 0 Å². The van der Waals surface area contributed by atoms with Crippen molar-refractivity contribution in [1.29, 1.82) is 0 Å². The molecule has 0 aliphatic heterocycles. The fourth-order valence-corrected chi connectivity index (χ4v) is 3.45. The Morgan fingerprint density at radius 1 is 0.731 bits per heavy atom. The van der Waals surface area contributed by atoms with Gasteiger partial charge >= 0.3 is 0 Å². The summed E-state index contributed by atoms with van der Waals surface area (Å²) in [7, 11) is 0. The van der Waals surface area contributed by atoms with Gasteiger partial charge in [0.05, 0.1) is 0 Å². The zero-order valence-electron chi connectivity index (χ0n) is 13.6. The van der Waals surface area contributed by atoms with E-state index in [2.05, 4.69) is 15.0 Å². The number of para-hydroxylation sites is 1. The van der Waals surface area contributed by atoms with Gasteiger partial charge in [-0.1, -0.05) is 54.1 Å². The molecule has 2 aromatic heterocycles. The number of benzene rings is 3. The second-order valence-corrected chi connectivity index (χ2v) is 6.37. The summed E-state index contributed by atoms with van der Waals surface area (Å²) in [6.45, 7) is 0. The Labute approximate surface area is 154 Å². The van der Waals surface area contributed by atoms with Crippen LogP contribution < -0.4 is 0 Å². The monoisotopic (exact) mass is 357 g/mol. The average molecular weight is 358 g/mol. The molecule has 26 heavy (non-hydrogen) atoms. The summed E-state index contributed by atoms with van der Waals surface area (Å²) in [6, 6.07) is 19.8. The number of hydrogen-bond donors (Lipinski definition) is 0. The lowest BCUT2D eigenvalue weighted by atomic mass is 9.97. The van der Waals surface area contributed by atoms with E-state index in [1.54, 1.807) is 0 Å². The van der Waals surface area contributed by atoms with Gasteiger partial charge in [0.15, 0.2) is 5.82 Å². The van der Waals surface area contributed by atoms with Crippen molar-refractivity contribution in [3.63, 3.8) is 0 Å². The van der Waals surface area contributed by atoms with E-state index in [1.807, 2.05) is 60.7 Å². The highest BCUT2D eigenvalue weighted by Gasteiger charge is 2.16. The standard InChI is InChI=1S/C21H12ClN3O/c22-13-8-9-19-18(10-13)16-7-3-6-15(20(16)26-19)14-4-1-2-5-17(14)21-24-11-23-12-25-21/h1-12H. The largest absolute Gasteiger partial charge is 0.455 e. The minimum Gasteiger partial charge on any atom is -0.455 e. The molecule has 0 saturated heterocycles. The van der Waals surface area contributed by atoms with Crippen LogP contribution in [-0.4, -0.2) is 15.0 Å². The number of furan rings is 1. The number of hydrogen-bond acceptors (Lipinski definition) is 4. The first-order chi connectivity index (χ1) is 12.8. The number of rotatable bonds is 2. The fourth-order valence-electron chi connectivity index (χ4n) is 3.27. The second-order valence-electron chi connectivity index (χ2n) is 5.93. The van der Waals surface area contributed by atoms with Crippen molar-refractivity contribution in [2.24, 2.45) is 0 Å². The summed E-state index contributed by atoms with van der Waals surface area (Å²) >= 11 is 6.17. The highest BCUT2D eigenvalue weighted by Crippen LogP contribution is 2.39. The maximum Gasteiger partial charge on any atom is 0.163 e. The van der Waals surface area contributed by atoms with Gasteiger partial charge in [-0.05, 0) is 23.8 Å². The SMILES string of the molecule is Clc1ccc2oc3c(-c4ccccc4-c4ncncn4)cccc3c2c1. The zero-order chi connectivity index (χ0) is 17.5. The maximum absolute atomic E-state index is 6.17. The first-order valence-electron chi connectivity index (χ1n) is 8.14. The molecule has 124 valence electrons. The molecule has 5 heteroatoms. The maximum atomic E-state index is 6.17. The molecular formula is C21H12ClN3O. The van der Waals surface area contributed by atoms with Gasteiger partial charge in [-0.2, -0.15) is 0 Å². The van der Waals surface area contributed by atoms with Crippen molar-refractivity contribution in [1.82, 2.24) is 15.0 Å². The molecule has 0 unspecified atom stereocenters. The Morgan fingerprint density at radius 3 is 2.35 bits per heavy atom. The second kappa shape index (κ2) is 5.93. The fraction of sp³-hybridized carbons (Fsp3) is 0. The molecule has 2 heterocycles. The highest BCUT2D eigenvalue weighted by molar-refractivity contribution is 6.31. The van der Waals surface area contributed by atoms with Crippen LogP contribution in [0, 0.1) is 0 Å². The molecule has 0 aliphatic carbocycles. The topological polar surface area (TPSA) is 51.8 Å². The van der Waals surface area contributed by atoms with Gasteiger partial charge < -0.3 is 4.42 Å². The average Bonchev–Trinajstić information content (AvgIpc) is 3.07. The van der Waals surface area contributed by atoms with Crippen molar-refractivity contribution in [3.05, 3.63) is 78.3 Å². The van der Waals surface area contributed by atoms with Crippen molar-refractivity contribution in [2.45, 2.75) is 0 Å². The third-order valence-corrected chi connectivity index (χ3v) is 4.65. The summed E-state index contributed by atoms with van der Waals surface area (Å²) in [6.07, 6.45) is 3.01. The van der Waals surface area contributed by atoms with Crippen molar-refractivity contribution in [3.8, 4) is 22.5 Å². The van der Waals surface area contributed by atoms with Gasteiger partial charge in [-0.15, -0.1) is 0 Å². The minimum atomic E-state index is 0.631. The molecule has 0 N–H and O–H groups in total. The van der Waals surface area contributed by atoms with Crippen LogP contribution in [0.1, 0.15) is 0 Å². The third kappa shape index (κ3) is 2.35. The van der Waals surface area contributed by atoms with E-state index < -0.39 is 0 Å². The Kier molecular flexibility index (Phi) is 3.43. The smallest absolute Gasteiger partial charge is 0.163 e. The predicted molar refractivity (Wildman–Crippen MR) is 103 cm³/mol. The van der Waals surface area contributed by atoms with Crippen LogP contribution in [0.2, 0.25) is 5.02 Å². The molecule has 0 bridgehead atoms. The molecule has 0 saturated carbocycles. The summed E-state index contributed by atoms with van der Waals surface area (Å²) in [5.74, 6) is 0.631. The minimum absolute atomic E-state index is 0.631. The van der Waals surface area contributed by atoms with E-state index >= 15 is 0 Å². The predicted octanol–water partition coefficient (Wildman–Crippen LogP) is 5.76. The Balaban J connectivity index is 1.83. The lowest BCUT2D eigenvalue weighted by Gasteiger charge is -2.08. The van der Waals surface area contributed by atoms with Gasteiger partial charge in [-0.25, -0.2) is 15.0 Å². The Hall–Kier alpha value is -3.24. The first kappa shape index (κ1) is 15.0. The summed E-state index contributed by atoms with van der Waals surface area (Å²) < 4.78 is 6.17. The van der Waals surface area contributed by atoms with Crippen LogP contribution in [0.5, 0.6) is 0 Å². The van der Waals surface area contributed by atoms with E-state index in [4.69, 9.17) is 16.0 Å². The number of fused-ring (bicyclic) bond motifs is 3. The zero-order valence-corrected chi connectivity index (χ0v) is 14.3. The van der Waals surface area contributed by atoms with Crippen LogP contribution in [0.15, 0.2) is 77.7 Å². The molecule has 0 fully saturated rings. The Morgan fingerprint density at radius 2 is 1.50 bits per heavy atom. The van der Waals surface area contributed by atoms with Crippen LogP contribution in [0.25, 0.3) is 44.5 Å². The lowest BCUT2D eigenvalue weighted by Crippen LogP contribution is -1.92. The van der Waals surface area contributed by atoms with Crippen LogP contribution in [-0.2, 0) is 0 Å². The van der Waals surface area contributed by atoms with Gasteiger partial charge in [0, 0.05) is 26.9 Å². The van der Waals surface area contributed by atoms with Crippen LogP contribution >= 0.6 is 11.6 Å². The van der Waals surface area contributed by atoms with E-state index in [0.717, 1.165) is 38.6 Å². The number of aromatic nitrogens is 3. The van der Waals surface area contributed by atoms with Gasteiger partial charge in [0.2, 0.25) is 0 Å². The van der Waals surface area contributed by atoms with Crippen LogP contribution in [0.3, 0.4) is 0 Å². The van der Waals surface area contributed by atoms with Gasteiger partial charge in [0.25, 0.3) is 0 Å². The normalized spacial score (nSPS) is 11.3. The molecule has 0 aliphatic rings. The highest BCUT2D eigenvalue weighted by atomic mass is 35.5. The van der Waals surface area contributed by atoms with E-state index in [-0.39, 0.29) is 0 Å². The summed E-state index contributed by atoms with van der Waals surface area (Å²) in [4.78, 5) is 12.5. The molecule has 0 amide bonds. The summed E-state index contributed by atoms with van der Waals surface area (Å²) in [5.41, 5.74) is 4.57. The number of nitrogens with zero attached hydrogens (tertiary/aromatic N) is 3. The summed E-state index contributed by atoms with van der Waals surface area (Å²) in [5, 5.41) is 2.73. The molecule has 3 aromatic carbocycles. The first-order valence-corrected chi connectivity index (χ1v) is 8.51. The van der Waals surface area contributed by atoms with Crippen LogP contribution in [0.4, 0.5) is 0 Å². The molecule has 0 atom stereocenters. The molecule has 5 rings (SSSR count). The van der Waals surface area contributed by atoms with E-state index in [0.29, 0.717) is 10.8 Å².